The van der Waals surface area contributed by atoms with Gasteiger partial charge in [-0.2, -0.15) is 17.2 Å². The second-order valence-electron chi connectivity index (χ2n) is 6.64. The van der Waals surface area contributed by atoms with Gasteiger partial charge in [-0.05, 0) is 44.4 Å². The van der Waals surface area contributed by atoms with Gasteiger partial charge in [0, 0.05) is 11.8 Å². The minimum absolute atomic E-state index is 0.0930. The van der Waals surface area contributed by atoms with Gasteiger partial charge in [0.25, 0.3) is 0 Å². The third kappa shape index (κ3) is 2.34. The van der Waals surface area contributed by atoms with Gasteiger partial charge in [0.2, 0.25) is 0 Å². The highest BCUT2D eigenvalue weighted by Crippen LogP contribution is 2.53. The number of carbonyl (C=O) groups is 2. The number of hydrogen-bond acceptors (Lipinski definition) is 5. The summed E-state index contributed by atoms with van der Waals surface area (Å²) in [6.07, 6.45) is 2.58. The van der Waals surface area contributed by atoms with Gasteiger partial charge in [0.05, 0.1) is 0 Å². The van der Waals surface area contributed by atoms with E-state index in [9.17, 15) is 26.8 Å². The van der Waals surface area contributed by atoms with E-state index in [4.69, 9.17) is 9.29 Å². The van der Waals surface area contributed by atoms with Crippen LogP contribution in [0.25, 0.3) is 0 Å². The van der Waals surface area contributed by atoms with E-state index in [0.717, 1.165) is 0 Å². The first-order valence-electron chi connectivity index (χ1n) is 7.16. The van der Waals surface area contributed by atoms with Crippen molar-refractivity contribution < 1.29 is 36.1 Å². The smallest absolute Gasteiger partial charge is 0.454 e. The molecule has 124 valence electrons. The fourth-order valence-electron chi connectivity index (χ4n) is 4.27. The number of ketones is 1. The van der Waals surface area contributed by atoms with E-state index in [-0.39, 0.29) is 36.4 Å². The molecule has 4 rings (SSSR count). The van der Waals surface area contributed by atoms with Crippen LogP contribution >= 0.6 is 0 Å². The maximum atomic E-state index is 13.4. The molecule has 4 aliphatic carbocycles. The summed E-state index contributed by atoms with van der Waals surface area (Å²) < 4.78 is 61.5. The zero-order chi connectivity index (χ0) is 16.3. The molecule has 0 saturated heterocycles. The van der Waals surface area contributed by atoms with E-state index in [1.165, 1.54) is 0 Å². The Morgan fingerprint density at radius 2 is 1.91 bits per heavy atom. The highest BCUT2D eigenvalue weighted by molar-refractivity contribution is 7.87. The maximum absolute atomic E-state index is 13.4. The highest BCUT2D eigenvalue weighted by Gasteiger charge is 2.59. The Hall–Kier alpha value is -1.09. The zero-order valence-electron chi connectivity index (χ0n) is 11.6. The third-order valence-corrected chi connectivity index (χ3v) is 5.95. The lowest BCUT2D eigenvalue weighted by Gasteiger charge is -2.43. The number of carbonyl (C=O) groups excluding carboxylic acids is 2. The SMILES string of the molecule is O=C1C2CCC3(OC(=O)C(F)(F)S(=O)(=O)O)CC(C2)CC1C3. The number of alkyl halides is 2. The third-order valence-electron chi connectivity index (χ3n) is 5.14. The van der Waals surface area contributed by atoms with Crippen LogP contribution < -0.4 is 0 Å². The summed E-state index contributed by atoms with van der Waals surface area (Å²) in [4.78, 5) is 23.7. The van der Waals surface area contributed by atoms with Gasteiger partial charge >= 0.3 is 21.3 Å². The van der Waals surface area contributed by atoms with Gasteiger partial charge < -0.3 is 4.74 Å². The topological polar surface area (TPSA) is 97.7 Å². The molecular formula is C13H16F2O6S. The maximum Gasteiger partial charge on any atom is 0.465 e. The van der Waals surface area contributed by atoms with E-state index in [2.05, 4.69) is 0 Å². The summed E-state index contributed by atoms with van der Waals surface area (Å²) in [6, 6.07) is 0. The van der Waals surface area contributed by atoms with Crippen molar-refractivity contribution in [3.63, 3.8) is 0 Å². The van der Waals surface area contributed by atoms with E-state index in [1.807, 2.05) is 0 Å². The lowest BCUT2D eigenvalue weighted by Crippen LogP contribution is -2.49. The fourth-order valence-corrected chi connectivity index (χ4v) is 4.53. The van der Waals surface area contributed by atoms with Crippen molar-refractivity contribution in [3.05, 3.63) is 0 Å². The van der Waals surface area contributed by atoms with Crippen molar-refractivity contribution >= 4 is 21.9 Å². The van der Waals surface area contributed by atoms with Crippen molar-refractivity contribution in [2.75, 3.05) is 0 Å². The molecule has 0 radical (unpaired) electrons. The van der Waals surface area contributed by atoms with Crippen LogP contribution in [0.2, 0.25) is 0 Å². The van der Waals surface area contributed by atoms with Gasteiger partial charge in [0.15, 0.2) is 0 Å². The Bertz CT molecular complexity index is 630. The molecule has 1 N–H and O–H groups in total. The molecule has 22 heavy (non-hydrogen) atoms. The number of rotatable bonds is 3. The quantitative estimate of drug-likeness (QED) is 0.619. The number of Topliss-reactive ketones (excluding diaryl/α,β-unsaturated/α-hetero) is 1. The summed E-state index contributed by atoms with van der Waals surface area (Å²) in [6.45, 7) is 0. The molecule has 0 aliphatic heterocycles. The molecule has 4 saturated carbocycles. The lowest BCUT2D eigenvalue weighted by atomic mass is 9.65. The summed E-state index contributed by atoms with van der Waals surface area (Å²) in [7, 11) is -5.88. The Labute approximate surface area is 125 Å². The predicted octanol–water partition coefficient (Wildman–Crippen LogP) is 1.55. The number of esters is 1. The largest absolute Gasteiger partial charge is 0.465 e. The predicted molar refractivity (Wildman–Crippen MR) is 68.5 cm³/mol. The number of halogens is 2. The van der Waals surface area contributed by atoms with Crippen LogP contribution in [0.1, 0.15) is 38.5 Å². The van der Waals surface area contributed by atoms with E-state index >= 15 is 0 Å². The minimum atomic E-state index is -5.88. The Morgan fingerprint density at radius 1 is 1.27 bits per heavy atom. The molecule has 4 fully saturated rings. The van der Waals surface area contributed by atoms with Crippen LogP contribution in [0.5, 0.6) is 0 Å². The van der Waals surface area contributed by atoms with Gasteiger partial charge in [-0.15, -0.1) is 0 Å². The second kappa shape index (κ2) is 4.70. The number of fused-ring (bicyclic) bond motifs is 1. The average Bonchev–Trinajstić information content (AvgIpc) is 2.56. The van der Waals surface area contributed by atoms with Gasteiger partial charge in [-0.25, -0.2) is 4.79 Å². The van der Waals surface area contributed by atoms with Gasteiger partial charge in [-0.1, -0.05) is 0 Å². The molecule has 9 heteroatoms. The number of ether oxygens (including phenoxy) is 1. The normalized spacial score (nSPS) is 38.0. The summed E-state index contributed by atoms with van der Waals surface area (Å²) >= 11 is 0. The summed E-state index contributed by atoms with van der Waals surface area (Å²) in [5, 5.41) is -4.99. The molecule has 4 atom stereocenters. The van der Waals surface area contributed by atoms with Crippen LogP contribution in [-0.4, -0.2) is 35.6 Å². The second-order valence-corrected chi connectivity index (χ2v) is 8.11. The van der Waals surface area contributed by atoms with E-state index in [0.29, 0.717) is 25.7 Å². The highest BCUT2D eigenvalue weighted by atomic mass is 32.2. The molecule has 0 aromatic rings. The minimum Gasteiger partial charge on any atom is -0.454 e. The standard InChI is InChI=1S/C13H16F2O6S/c14-13(15,22(18,19)20)11(17)21-12-2-1-8-3-7(5-12)4-9(6-12)10(8)16/h7-9H,1-6H2,(H,18,19,20). The molecule has 0 spiro atoms. The first kappa shape index (κ1) is 15.8. The van der Waals surface area contributed by atoms with Crippen LogP contribution in [0.15, 0.2) is 0 Å². The molecule has 0 heterocycles. The van der Waals surface area contributed by atoms with Crippen molar-refractivity contribution in [3.8, 4) is 0 Å². The van der Waals surface area contributed by atoms with Crippen molar-refractivity contribution in [1.29, 1.82) is 0 Å². The van der Waals surface area contributed by atoms with E-state index in [1.54, 1.807) is 0 Å². The van der Waals surface area contributed by atoms with Crippen LogP contribution in [0, 0.1) is 17.8 Å². The molecular weight excluding hydrogens is 322 g/mol. The average molecular weight is 338 g/mol. The van der Waals surface area contributed by atoms with Crippen LogP contribution in [0.4, 0.5) is 8.78 Å². The molecule has 4 aliphatic rings. The van der Waals surface area contributed by atoms with Crippen molar-refractivity contribution in [2.45, 2.75) is 49.4 Å². The molecule has 0 amide bonds. The zero-order valence-corrected chi connectivity index (χ0v) is 12.4. The molecule has 4 unspecified atom stereocenters. The number of hydrogen-bond donors (Lipinski definition) is 1. The lowest BCUT2D eigenvalue weighted by molar-refractivity contribution is -0.186. The molecule has 4 bridgehead atoms. The molecule has 0 aromatic heterocycles. The fraction of sp³-hybridized carbons (Fsp3) is 0.846. The first-order valence-corrected chi connectivity index (χ1v) is 8.60. The summed E-state index contributed by atoms with van der Waals surface area (Å²) in [5.41, 5.74) is -1.22. The Kier molecular flexibility index (Phi) is 3.38. The molecule has 0 aromatic carbocycles. The van der Waals surface area contributed by atoms with E-state index < -0.39 is 26.9 Å². The summed E-state index contributed by atoms with van der Waals surface area (Å²) in [5.74, 6) is -2.48. The van der Waals surface area contributed by atoms with Gasteiger partial charge in [0.1, 0.15) is 11.4 Å². The Morgan fingerprint density at radius 3 is 2.55 bits per heavy atom. The monoisotopic (exact) mass is 338 g/mol. The van der Waals surface area contributed by atoms with Crippen LogP contribution in [-0.2, 0) is 24.4 Å². The Balaban J connectivity index is 1.86. The van der Waals surface area contributed by atoms with Crippen molar-refractivity contribution in [1.82, 2.24) is 0 Å². The van der Waals surface area contributed by atoms with Gasteiger partial charge in [-0.3, -0.25) is 9.35 Å². The van der Waals surface area contributed by atoms with Crippen LogP contribution in [0.3, 0.4) is 0 Å². The van der Waals surface area contributed by atoms with Crippen molar-refractivity contribution in [2.24, 2.45) is 17.8 Å². The molecule has 6 nitrogen and oxygen atoms in total. The first-order chi connectivity index (χ1) is 10.0.